The average Bonchev–Trinajstić information content (AvgIpc) is 3.02. The van der Waals surface area contributed by atoms with Crippen molar-refractivity contribution in [3.63, 3.8) is 0 Å². The van der Waals surface area contributed by atoms with E-state index in [1.54, 1.807) is 30.3 Å². The summed E-state index contributed by atoms with van der Waals surface area (Å²) in [6.07, 6.45) is -3.98. The standard InChI is InChI=1S/C24H19ClF3N3O5S/c1-31-21(32)23(30-22(31)29,16-6-8-19(9-7-16)35-24(26,27)28)17-5-3-4-14(10-17)15-11-18(25)13-20(12-15)36-37(2,33)34/h3-13H,1-2H3,(H2,29,30). The Balaban J connectivity index is 1.84. The third-order valence-electron chi connectivity index (χ3n) is 5.48. The Morgan fingerprint density at radius 2 is 1.65 bits per heavy atom. The fraction of sp³-hybridized carbons (Fsp3) is 0.167. The van der Waals surface area contributed by atoms with Crippen LogP contribution in [0.25, 0.3) is 11.1 Å². The van der Waals surface area contributed by atoms with Crippen LogP contribution in [0.4, 0.5) is 13.2 Å². The van der Waals surface area contributed by atoms with E-state index < -0.39 is 33.7 Å². The summed E-state index contributed by atoms with van der Waals surface area (Å²) in [5.41, 5.74) is 5.90. The molecular formula is C24H19ClF3N3O5S. The van der Waals surface area contributed by atoms with E-state index in [1.165, 1.54) is 31.3 Å². The molecule has 2 N–H and O–H groups in total. The first-order chi connectivity index (χ1) is 17.2. The van der Waals surface area contributed by atoms with Crippen molar-refractivity contribution in [1.29, 1.82) is 0 Å². The van der Waals surface area contributed by atoms with Crippen LogP contribution in [0.15, 0.2) is 71.7 Å². The molecule has 0 radical (unpaired) electrons. The summed E-state index contributed by atoms with van der Waals surface area (Å²) in [5, 5.41) is 0.204. The van der Waals surface area contributed by atoms with E-state index in [-0.39, 0.29) is 22.3 Å². The van der Waals surface area contributed by atoms with Gasteiger partial charge in [0.25, 0.3) is 5.91 Å². The van der Waals surface area contributed by atoms with Crippen molar-refractivity contribution in [1.82, 2.24) is 4.90 Å². The van der Waals surface area contributed by atoms with Crippen LogP contribution >= 0.6 is 11.6 Å². The zero-order chi connectivity index (χ0) is 27.2. The van der Waals surface area contributed by atoms with Gasteiger partial charge in [-0.05, 0) is 52.6 Å². The Morgan fingerprint density at radius 3 is 2.22 bits per heavy atom. The van der Waals surface area contributed by atoms with E-state index in [1.807, 2.05) is 0 Å². The number of nitrogens with two attached hydrogens (primary N) is 1. The number of guanidine groups is 1. The van der Waals surface area contributed by atoms with Crippen molar-refractivity contribution in [2.45, 2.75) is 11.9 Å². The lowest BCUT2D eigenvalue weighted by Gasteiger charge is -2.27. The number of ether oxygens (including phenoxy) is 1. The van der Waals surface area contributed by atoms with Crippen LogP contribution < -0.4 is 14.7 Å². The predicted molar refractivity (Wildman–Crippen MR) is 131 cm³/mol. The summed E-state index contributed by atoms with van der Waals surface area (Å²) in [4.78, 5) is 19.0. The van der Waals surface area contributed by atoms with Gasteiger partial charge in [0.2, 0.25) is 0 Å². The second kappa shape index (κ2) is 9.27. The Kier molecular flexibility index (Phi) is 6.59. The minimum atomic E-state index is -4.88. The minimum Gasteiger partial charge on any atom is -0.406 e. The second-order valence-corrected chi connectivity index (χ2v) is 10.2. The third-order valence-corrected chi connectivity index (χ3v) is 6.19. The Labute approximate surface area is 215 Å². The molecule has 1 unspecified atom stereocenters. The van der Waals surface area contributed by atoms with E-state index in [0.717, 1.165) is 23.3 Å². The number of likely N-dealkylation sites (N-methyl/N-ethyl adjacent to an activating group) is 1. The summed E-state index contributed by atoms with van der Waals surface area (Å²) in [5.74, 6) is -1.09. The lowest BCUT2D eigenvalue weighted by atomic mass is 9.81. The van der Waals surface area contributed by atoms with Crippen molar-refractivity contribution in [2.24, 2.45) is 10.7 Å². The topological polar surface area (TPSA) is 111 Å². The van der Waals surface area contributed by atoms with E-state index in [2.05, 4.69) is 9.73 Å². The molecule has 1 aliphatic rings. The van der Waals surface area contributed by atoms with Gasteiger partial charge in [-0.2, -0.15) is 8.42 Å². The molecule has 0 aromatic heterocycles. The molecule has 1 amide bonds. The molecule has 0 aliphatic carbocycles. The first kappa shape index (κ1) is 26.3. The fourth-order valence-electron chi connectivity index (χ4n) is 3.96. The predicted octanol–water partition coefficient (Wildman–Crippen LogP) is 4.27. The highest BCUT2D eigenvalue weighted by Crippen LogP contribution is 2.41. The van der Waals surface area contributed by atoms with Crippen molar-refractivity contribution >= 4 is 33.6 Å². The second-order valence-electron chi connectivity index (χ2n) is 8.16. The lowest BCUT2D eigenvalue weighted by molar-refractivity contribution is -0.274. The number of hydrogen-bond donors (Lipinski definition) is 1. The summed E-state index contributed by atoms with van der Waals surface area (Å²) < 4.78 is 69.9. The highest BCUT2D eigenvalue weighted by atomic mass is 35.5. The number of nitrogens with zero attached hydrogens (tertiary/aromatic N) is 2. The van der Waals surface area contributed by atoms with Gasteiger partial charge in [-0.15, -0.1) is 13.2 Å². The van der Waals surface area contributed by atoms with Crippen molar-refractivity contribution in [3.8, 4) is 22.6 Å². The van der Waals surface area contributed by atoms with Crippen LogP contribution in [0.1, 0.15) is 11.1 Å². The van der Waals surface area contributed by atoms with E-state index in [0.29, 0.717) is 16.7 Å². The van der Waals surface area contributed by atoms with Crippen LogP contribution in [-0.2, 0) is 20.5 Å². The molecule has 4 rings (SSSR count). The molecule has 37 heavy (non-hydrogen) atoms. The summed E-state index contributed by atoms with van der Waals surface area (Å²) in [6.45, 7) is 0. The number of aliphatic imine (C=N–C) groups is 1. The molecule has 0 saturated heterocycles. The van der Waals surface area contributed by atoms with Crippen LogP contribution in [0, 0.1) is 0 Å². The number of amides is 1. The van der Waals surface area contributed by atoms with Gasteiger partial charge in [-0.1, -0.05) is 41.9 Å². The SMILES string of the molecule is CN1C(=O)C(c2ccc(OC(F)(F)F)cc2)(c2cccc(-c3cc(Cl)cc(OS(C)(=O)=O)c3)c2)N=C1N. The zero-order valence-electron chi connectivity index (χ0n) is 19.3. The highest BCUT2D eigenvalue weighted by Gasteiger charge is 2.49. The van der Waals surface area contributed by atoms with E-state index in [4.69, 9.17) is 21.5 Å². The number of benzene rings is 3. The summed E-state index contributed by atoms with van der Waals surface area (Å²) in [7, 11) is -2.39. The van der Waals surface area contributed by atoms with Gasteiger partial charge in [0.1, 0.15) is 11.5 Å². The highest BCUT2D eigenvalue weighted by molar-refractivity contribution is 7.86. The first-order valence-electron chi connectivity index (χ1n) is 10.5. The van der Waals surface area contributed by atoms with Gasteiger partial charge in [0, 0.05) is 18.1 Å². The van der Waals surface area contributed by atoms with Gasteiger partial charge in [0.05, 0.1) is 6.26 Å². The van der Waals surface area contributed by atoms with Gasteiger partial charge in [-0.3, -0.25) is 9.69 Å². The monoisotopic (exact) mass is 553 g/mol. The maximum atomic E-state index is 13.5. The van der Waals surface area contributed by atoms with Crippen LogP contribution in [0.3, 0.4) is 0 Å². The number of alkyl halides is 3. The number of halogens is 4. The van der Waals surface area contributed by atoms with E-state index in [9.17, 15) is 26.4 Å². The molecular weight excluding hydrogens is 535 g/mol. The van der Waals surface area contributed by atoms with Gasteiger partial charge in [-0.25, -0.2) is 4.99 Å². The normalized spacial score (nSPS) is 18.1. The summed E-state index contributed by atoms with van der Waals surface area (Å²) in [6, 6.07) is 15.7. The number of rotatable bonds is 6. The molecule has 3 aromatic rings. The molecule has 1 aliphatic heterocycles. The molecule has 0 saturated carbocycles. The third kappa shape index (κ3) is 5.49. The zero-order valence-corrected chi connectivity index (χ0v) is 20.9. The number of carbonyl (C=O) groups is 1. The largest absolute Gasteiger partial charge is 0.573 e. The van der Waals surface area contributed by atoms with Crippen LogP contribution in [0.2, 0.25) is 5.02 Å². The maximum absolute atomic E-state index is 13.5. The van der Waals surface area contributed by atoms with Gasteiger partial charge < -0.3 is 14.7 Å². The molecule has 0 fully saturated rings. The minimum absolute atomic E-state index is 0.00990. The molecule has 1 heterocycles. The Hall–Kier alpha value is -3.77. The lowest BCUT2D eigenvalue weighted by Crippen LogP contribution is -2.41. The van der Waals surface area contributed by atoms with Crippen molar-refractivity contribution < 1.29 is 35.3 Å². The van der Waals surface area contributed by atoms with Crippen LogP contribution in [-0.4, -0.2) is 44.9 Å². The van der Waals surface area contributed by atoms with Crippen molar-refractivity contribution in [2.75, 3.05) is 13.3 Å². The Bertz CT molecular complexity index is 1510. The molecule has 1 atom stereocenters. The fourth-order valence-corrected chi connectivity index (χ4v) is 4.63. The number of hydrogen-bond acceptors (Lipinski definition) is 7. The quantitative estimate of drug-likeness (QED) is 0.456. The molecule has 13 heteroatoms. The molecule has 8 nitrogen and oxygen atoms in total. The molecule has 0 spiro atoms. The Morgan fingerprint density at radius 1 is 0.973 bits per heavy atom. The van der Waals surface area contributed by atoms with Crippen LogP contribution in [0.5, 0.6) is 11.5 Å². The number of carbonyl (C=O) groups excluding carboxylic acids is 1. The van der Waals surface area contributed by atoms with Gasteiger partial charge in [0.15, 0.2) is 11.5 Å². The maximum Gasteiger partial charge on any atom is 0.573 e. The molecule has 194 valence electrons. The van der Waals surface area contributed by atoms with Crippen molar-refractivity contribution in [3.05, 3.63) is 82.9 Å². The molecule has 0 bridgehead atoms. The summed E-state index contributed by atoms with van der Waals surface area (Å²) >= 11 is 6.17. The smallest absolute Gasteiger partial charge is 0.406 e. The van der Waals surface area contributed by atoms with E-state index >= 15 is 0 Å². The first-order valence-corrected chi connectivity index (χ1v) is 12.7. The molecule has 3 aromatic carbocycles. The van der Waals surface area contributed by atoms with Gasteiger partial charge >= 0.3 is 16.5 Å². The average molecular weight is 554 g/mol.